The first kappa shape index (κ1) is 20.9. The van der Waals surface area contributed by atoms with E-state index in [-0.39, 0.29) is 6.29 Å². The molecule has 3 aromatic carbocycles. The molecule has 0 spiro atoms. The van der Waals surface area contributed by atoms with Crippen molar-refractivity contribution in [3.05, 3.63) is 65.7 Å². The average molecular weight is 405 g/mol. The van der Waals surface area contributed by atoms with Crippen molar-refractivity contribution in [3.8, 4) is 16.9 Å². The fourth-order valence-electron chi connectivity index (χ4n) is 4.38. The number of ether oxygens (including phenoxy) is 3. The molecule has 1 aliphatic heterocycles. The van der Waals surface area contributed by atoms with E-state index in [1.165, 1.54) is 39.4 Å². The van der Waals surface area contributed by atoms with Gasteiger partial charge in [0, 0.05) is 13.2 Å². The molecular formula is C27H32O3. The highest BCUT2D eigenvalue weighted by molar-refractivity contribution is 5.92. The van der Waals surface area contributed by atoms with E-state index in [0.29, 0.717) is 0 Å². The molecular weight excluding hydrogens is 372 g/mol. The minimum absolute atomic E-state index is 0.0136. The van der Waals surface area contributed by atoms with Gasteiger partial charge in [0.2, 0.25) is 0 Å². The van der Waals surface area contributed by atoms with Gasteiger partial charge in [-0.05, 0) is 96.7 Å². The lowest BCUT2D eigenvalue weighted by Crippen LogP contribution is -2.22. The average Bonchev–Trinajstić information content (AvgIpc) is 2.80. The third kappa shape index (κ3) is 4.85. The minimum Gasteiger partial charge on any atom is -0.497 e. The lowest BCUT2D eigenvalue weighted by atomic mass is 9.89. The molecule has 1 heterocycles. The van der Waals surface area contributed by atoms with Gasteiger partial charge in [-0.1, -0.05) is 36.4 Å². The van der Waals surface area contributed by atoms with Crippen LogP contribution in [-0.4, -0.2) is 26.6 Å². The number of aryl methyl sites for hydroxylation is 1. The van der Waals surface area contributed by atoms with E-state index < -0.39 is 0 Å². The van der Waals surface area contributed by atoms with Gasteiger partial charge in [0.15, 0.2) is 6.29 Å². The normalized spacial score (nSPS) is 16.7. The third-order valence-corrected chi connectivity index (χ3v) is 6.11. The summed E-state index contributed by atoms with van der Waals surface area (Å²) in [6, 6.07) is 19.4. The number of hydrogen-bond acceptors (Lipinski definition) is 3. The number of hydrogen-bond donors (Lipinski definition) is 0. The van der Waals surface area contributed by atoms with Gasteiger partial charge in [0.1, 0.15) is 5.75 Å². The van der Waals surface area contributed by atoms with Crippen LogP contribution in [-0.2, 0) is 15.9 Å². The second kappa shape index (κ2) is 10.1. The van der Waals surface area contributed by atoms with Crippen LogP contribution in [0.2, 0.25) is 0 Å². The first-order chi connectivity index (χ1) is 14.8. The standard InChI is InChI=1S/C27H32O3/c1-20-24(10-5-7-17-29-27-12-6-8-18-30-27)25-11-4-3-9-22(25)19-26(20)21-13-15-23(28-2)16-14-21/h3-4,9,11,13-16,19,27H,5-8,10,12,17-18H2,1-2H3. The van der Waals surface area contributed by atoms with E-state index in [4.69, 9.17) is 14.2 Å². The van der Waals surface area contributed by atoms with Gasteiger partial charge in [-0.15, -0.1) is 0 Å². The minimum atomic E-state index is 0.0136. The van der Waals surface area contributed by atoms with Crippen LogP contribution in [0.25, 0.3) is 21.9 Å². The van der Waals surface area contributed by atoms with Crippen LogP contribution in [0.15, 0.2) is 54.6 Å². The van der Waals surface area contributed by atoms with Crippen molar-refractivity contribution in [1.29, 1.82) is 0 Å². The Labute approximate surface area is 180 Å². The first-order valence-corrected chi connectivity index (χ1v) is 11.1. The highest BCUT2D eigenvalue weighted by atomic mass is 16.7. The Kier molecular flexibility index (Phi) is 7.03. The van der Waals surface area contributed by atoms with Gasteiger partial charge in [-0.3, -0.25) is 0 Å². The van der Waals surface area contributed by atoms with Gasteiger partial charge in [-0.2, -0.15) is 0 Å². The lowest BCUT2D eigenvalue weighted by molar-refractivity contribution is -0.162. The molecule has 0 aliphatic carbocycles. The Morgan fingerprint density at radius 1 is 1.00 bits per heavy atom. The Morgan fingerprint density at radius 2 is 1.83 bits per heavy atom. The highest BCUT2D eigenvalue weighted by Gasteiger charge is 2.14. The second-order valence-electron chi connectivity index (χ2n) is 8.10. The molecule has 0 aromatic heterocycles. The molecule has 158 valence electrons. The quantitative estimate of drug-likeness (QED) is 0.391. The molecule has 0 amide bonds. The summed E-state index contributed by atoms with van der Waals surface area (Å²) < 4.78 is 16.9. The van der Waals surface area contributed by atoms with E-state index in [9.17, 15) is 0 Å². The van der Waals surface area contributed by atoms with Crippen LogP contribution < -0.4 is 4.74 Å². The van der Waals surface area contributed by atoms with E-state index in [1.807, 2.05) is 12.1 Å². The van der Waals surface area contributed by atoms with Crippen LogP contribution in [0.3, 0.4) is 0 Å². The van der Waals surface area contributed by atoms with E-state index in [1.54, 1.807) is 7.11 Å². The maximum Gasteiger partial charge on any atom is 0.157 e. The molecule has 0 saturated carbocycles. The molecule has 1 atom stereocenters. The van der Waals surface area contributed by atoms with Gasteiger partial charge in [-0.25, -0.2) is 0 Å². The van der Waals surface area contributed by atoms with Crippen molar-refractivity contribution < 1.29 is 14.2 Å². The molecule has 3 aromatic rings. The Hall–Kier alpha value is -2.36. The molecule has 0 N–H and O–H groups in total. The molecule has 0 bridgehead atoms. The Morgan fingerprint density at radius 3 is 2.60 bits per heavy atom. The van der Waals surface area contributed by atoms with Gasteiger partial charge in [0.05, 0.1) is 7.11 Å². The Bertz CT molecular complexity index is 956. The van der Waals surface area contributed by atoms with Crippen LogP contribution >= 0.6 is 0 Å². The van der Waals surface area contributed by atoms with Crippen LogP contribution in [0.4, 0.5) is 0 Å². The molecule has 1 aliphatic rings. The summed E-state index contributed by atoms with van der Waals surface area (Å²) in [4.78, 5) is 0. The summed E-state index contributed by atoms with van der Waals surface area (Å²) in [6.07, 6.45) is 6.66. The monoisotopic (exact) mass is 404 g/mol. The number of unbranched alkanes of at least 4 members (excludes halogenated alkanes) is 1. The zero-order valence-corrected chi connectivity index (χ0v) is 18.2. The zero-order valence-electron chi connectivity index (χ0n) is 18.2. The summed E-state index contributed by atoms with van der Waals surface area (Å²) in [5, 5.41) is 2.67. The SMILES string of the molecule is COc1ccc(-c2cc3ccccc3c(CCCCOC3CCCCO3)c2C)cc1. The van der Waals surface area contributed by atoms with Crippen molar-refractivity contribution >= 4 is 10.8 Å². The topological polar surface area (TPSA) is 27.7 Å². The number of methoxy groups -OCH3 is 1. The maximum atomic E-state index is 5.92. The molecule has 0 radical (unpaired) electrons. The van der Waals surface area contributed by atoms with Gasteiger partial charge < -0.3 is 14.2 Å². The van der Waals surface area contributed by atoms with Crippen molar-refractivity contribution in [1.82, 2.24) is 0 Å². The predicted molar refractivity (Wildman–Crippen MR) is 123 cm³/mol. The van der Waals surface area contributed by atoms with Crippen LogP contribution in [0, 0.1) is 6.92 Å². The highest BCUT2D eigenvalue weighted by Crippen LogP contribution is 2.34. The molecule has 1 saturated heterocycles. The van der Waals surface area contributed by atoms with E-state index in [2.05, 4.69) is 49.4 Å². The number of rotatable bonds is 8. The van der Waals surface area contributed by atoms with E-state index >= 15 is 0 Å². The van der Waals surface area contributed by atoms with E-state index in [0.717, 1.165) is 51.1 Å². The fraction of sp³-hybridized carbons (Fsp3) is 0.407. The van der Waals surface area contributed by atoms with Crippen molar-refractivity contribution in [2.24, 2.45) is 0 Å². The van der Waals surface area contributed by atoms with Gasteiger partial charge in [0.25, 0.3) is 0 Å². The maximum absolute atomic E-state index is 5.92. The Balaban J connectivity index is 1.50. The summed E-state index contributed by atoms with van der Waals surface area (Å²) in [7, 11) is 1.71. The molecule has 4 rings (SSSR count). The molecule has 30 heavy (non-hydrogen) atoms. The predicted octanol–water partition coefficient (Wildman–Crippen LogP) is 6.69. The van der Waals surface area contributed by atoms with Crippen LogP contribution in [0.5, 0.6) is 5.75 Å². The summed E-state index contributed by atoms with van der Waals surface area (Å²) in [6.45, 7) is 3.88. The second-order valence-corrected chi connectivity index (χ2v) is 8.10. The fourth-order valence-corrected chi connectivity index (χ4v) is 4.38. The largest absolute Gasteiger partial charge is 0.497 e. The van der Waals surface area contributed by atoms with Crippen LogP contribution in [0.1, 0.15) is 43.2 Å². The first-order valence-electron chi connectivity index (χ1n) is 11.1. The molecule has 1 fully saturated rings. The molecule has 3 nitrogen and oxygen atoms in total. The lowest BCUT2D eigenvalue weighted by Gasteiger charge is -2.22. The van der Waals surface area contributed by atoms with Gasteiger partial charge >= 0.3 is 0 Å². The third-order valence-electron chi connectivity index (χ3n) is 6.11. The van der Waals surface area contributed by atoms with Crippen molar-refractivity contribution in [2.45, 2.75) is 51.7 Å². The number of benzene rings is 3. The summed E-state index contributed by atoms with van der Waals surface area (Å²) >= 11 is 0. The molecule has 1 unspecified atom stereocenters. The molecule has 3 heteroatoms. The smallest absolute Gasteiger partial charge is 0.157 e. The summed E-state index contributed by atoms with van der Waals surface area (Å²) in [5.41, 5.74) is 5.36. The number of fused-ring (bicyclic) bond motifs is 1. The van der Waals surface area contributed by atoms with Crippen molar-refractivity contribution in [2.75, 3.05) is 20.3 Å². The zero-order chi connectivity index (χ0) is 20.8. The summed E-state index contributed by atoms with van der Waals surface area (Å²) in [5.74, 6) is 0.888. The van der Waals surface area contributed by atoms with Crippen molar-refractivity contribution in [3.63, 3.8) is 0 Å².